The summed E-state index contributed by atoms with van der Waals surface area (Å²) in [7, 11) is 0. The summed E-state index contributed by atoms with van der Waals surface area (Å²) in [6.45, 7) is 1.80. The molecular formula is C15H11N5O. The summed E-state index contributed by atoms with van der Waals surface area (Å²) in [5, 5.41) is 12.8. The van der Waals surface area contributed by atoms with Crippen LogP contribution in [0.2, 0.25) is 0 Å². The lowest BCUT2D eigenvalue weighted by molar-refractivity contribution is 0.432. The number of aryl methyl sites for hydroxylation is 1. The van der Waals surface area contributed by atoms with Crippen LogP contribution in [0.1, 0.15) is 11.4 Å². The van der Waals surface area contributed by atoms with Gasteiger partial charge in [-0.1, -0.05) is 23.4 Å². The second-order valence-electron chi connectivity index (χ2n) is 4.40. The van der Waals surface area contributed by atoms with Crippen molar-refractivity contribution in [3.05, 3.63) is 47.9 Å². The van der Waals surface area contributed by atoms with Gasteiger partial charge in [0, 0.05) is 11.8 Å². The Morgan fingerprint density at radius 1 is 1.19 bits per heavy atom. The van der Waals surface area contributed by atoms with Crippen LogP contribution < -0.4 is 0 Å². The highest BCUT2D eigenvalue weighted by Gasteiger charge is 2.14. The quantitative estimate of drug-likeness (QED) is 0.731. The van der Waals surface area contributed by atoms with Gasteiger partial charge in [-0.15, -0.1) is 0 Å². The molecule has 2 heterocycles. The van der Waals surface area contributed by atoms with Gasteiger partial charge in [-0.2, -0.15) is 10.2 Å². The van der Waals surface area contributed by atoms with Crippen LogP contribution in [0.15, 0.2) is 41.1 Å². The maximum absolute atomic E-state index is 8.87. The van der Waals surface area contributed by atoms with E-state index in [0.29, 0.717) is 29.7 Å². The third-order valence-corrected chi connectivity index (χ3v) is 2.95. The summed E-state index contributed by atoms with van der Waals surface area (Å²) in [5.41, 5.74) is 2.23. The second-order valence-corrected chi connectivity index (χ2v) is 4.40. The van der Waals surface area contributed by atoms with E-state index in [1.54, 1.807) is 19.2 Å². The molecule has 1 aromatic carbocycles. The van der Waals surface area contributed by atoms with Crippen molar-refractivity contribution in [1.29, 1.82) is 5.26 Å². The van der Waals surface area contributed by atoms with Crippen molar-refractivity contribution in [3.8, 4) is 29.0 Å². The number of rotatable bonds is 3. The SMILES string of the molecule is Cc1nccc(-c2noc(-c3ccccc3CC#N)n2)n1. The van der Waals surface area contributed by atoms with Crippen molar-refractivity contribution in [2.24, 2.45) is 0 Å². The highest BCUT2D eigenvalue weighted by atomic mass is 16.5. The van der Waals surface area contributed by atoms with Gasteiger partial charge in [0.15, 0.2) is 0 Å². The zero-order chi connectivity index (χ0) is 14.7. The van der Waals surface area contributed by atoms with E-state index >= 15 is 0 Å². The van der Waals surface area contributed by atoms with Gasteiger partial charge in [0.2, 0.25) is 5.82 Å². The smallest absolute Gasteiger partial charge is 0.258 e. The molecule has 0 aliphatic heterocycles. The fraction of sp³-hybridized carbons (Fsp3) is 0.133. The molecule has 6 heteroatoms. The topological polar surface area (TPSA) is 88.5 Å². The van der Waals surface area contributed by atoms with Crippen LogP contribution in [0.5, 0.6) is 0 Å². The molecule has 3 aromatic rings. The minimum Gasteiger partial charge on any atom is -0.334 e. The van der Waals surface area contributed by atoms with Gasteiger partial charge < -0.3 is 4.52 Å². The van der Waals surface area contributed by atoms with Crippen molar-refractivity contribution in [1.82, 2.24) is 20.1 Å². The molecule has 0 saturated heterocycles. The Kier molecular flexibility index (Phi) is 3.39. The predicted octanol–water partition coefficient (Wildman–Crippen LogP) is 2.57. The largest absolute Gasteiger partial charge is 0.334 e. The molecule has 102 valence electrons. The van der Waals surface area contributed by atoms with Gasteiger partial charge in [0.1, 0.15) is 11.5 Å². The molecule has 0 bridgehead atoms. The first kappa shape index (κ1) is 12.9. The van der Waals surface area contributed by atoms with E-state index in [4.69, 9.17) is 9.78 Å². The number of nitrogens with zero attached hydrogens (tertiary/aromatic N) is 5. The first-order valence-corrected chi connectivity index (χ1v) is 6.37. The molecule has 2 aromatic heterocycles. The molecule has 0 amide bonds. The number of nitriles is 1. The van der Waals surface area contributed by atoms with Crippen molar-refractivity contribution in [2.75, 3.05) is 0 Å². The van der Waals surface area contributed by atoms with Crippen molar-refractivity contribution >= 4 is 0 Å². The Hall–Kier alpha value is -3.07. The average molecular weight is 277 g/mol. The van der Waals surface area contributed by atoms with E-state index in [-0.39, 0.29) is 0 Å². The fourth-order valence-corrected chi connectivity index (χ4v) is 1.99. The van der Waals surface area contributed by atoms with Gasteiger partial charge in [-0.3, -0.25) is 0 Å². The normalized spacial score (nSPS) is 10.3. The van der Waals surface area contributed by atoms with E-state index in [2.05, 4.69) is 26.2 Å². The molecule has 0 fully saturated rings. The Morgan fingerprint density at radius 2 is 2.05 bits per heavy atom. The van der Waals surface area contributed by atoms with E-state index in [1.165, 1.54) is 0 Å². The van der Waals surface area contributed by atoms with Gasteiger partial charge in [-0.25, -0.2) is 9.97 Å². The molecular weight excluding hydrogens is 266 g/mol. The molecule has 0 N–H and O–H groups in total. The first-order valence-electron chi connectivity index (χ1n) is 6.37. The van der Waals surface area contributed by atoms with E-state index in [0.717, 1.165) is 11.1 Å². The van der Waals surface area contributed by atoms with Gasteiger partial charge in [-0.05, 0) is 24.6 Å². The second kappa shape index (κ2) is 5.51. The minimum atomic E-state index is 0.292. The molecule has 3 rings (SSSR count). The van der Waals surface area contributed by atoms with Gasteiger partial charge >= 0.3 is 0 Å². The van der Waals surface area contributed by atoms with Gasteiger partial charge in [0.25, 0.3) is 5.89 Å². The third-order valence-electron chi connectivity index (χ3n) is 2.95. The maximum atomic E-state index is 8.87. The first-order chi connectivity index (χ1) is 10.3. The highest BCUT2D eigenvalue weighted by molar-refractivity contribution is 5.61. The molecule has 0 unspecified atom stereocenters. The molecule has 0 atom stereocenters. The van der Waals surface area contributed by atoms with E-state index < -0.39 is 0 Å². The van der Waals surface area contributed by atoms with Crippen LogP contribution in [-0.2, 0) is 6.42 Å². The summed E-state index contributed by atoms with van der Waals surface area (Å²) >= 11 is 0. The molecule has 0 aliphatic carbocycles. The summed E-state index contributed by atoms with van der Waals surface area (Å²) < 4.78 is 5.30. The van der Waals surface area contributed by atoms with Crippen LogP contribution in [0.4, 0.5) is 0 Å². The molecule has 0 spiro atoms. The standard InChI is InChI=1S/C15H11N5O/c1-10-17-9-7-13(18-10)14-19-15(21-20-14)12-5-3-2-4-11(12)6-8-16/h2-5,7,9H,6H2,1H3. The van der Waals surface area contributed by atoms with Crippen LogP contribution in [0.25, 0.3) is 23.0 Å². The Morgan fingerprint density at radius 3 is 2.86 bits per heavy atom. The van der Waals surface area contributed by atoms with Crippen LogP contribution in [-0.4, -0.2) is 20.1 Å². The lowest BCUT2D eigenvalue weighted by Crippen LogP contribution is -1.91. The summed E-state index contributed by atoms with van der Waals surface area (Å²) in [6.07, 6.45) is 1.94. The number of hydrogen-bond acceptors (Lipinski definition) is 6. The Bertz CT molecular complexity index is 819. The molecule has 0 saturated carbocycles. The van der Waals surface area contributed by atoms with E-state index in [9.17, 15) is 0 Å². The van der Waals surface area contributed by atoms with E-state index in [1.807, 2.05) is 24.3 Å². The predicted molar refractivity (Wildman–Crippen MR) is 74.8 cm³/mol. The monoisotopic (exact) mass is 277 g/mol. The number of aromatic nitrogens is 4. The number of hydrogen-bond donors (Lipinski definition) is 0. The molecule has 0 aliphatic rings. The number of benzene rings is 1. The summed E-state index contributed by atoms with van der Waals surface area (Å²) in [4.78, 5) is 12.7. The summed E-state index contributed by atoms with van der Waals surface area (Å²) in [5.74, 6) is 1.43. The highest BCUT2D eigenvalue weighted by Crippen LogP contribution is 2.24. The lowest BCUT2D eigenvalue weighted by atomic mass is 10.1. The minimum absolute atomic E-state index is 0.292. The van der Waals surface area contributed by atoms with Crippen molar-refractivity contribution in [2.45, 2.75) is 13.3 Å². The van der Waals surface area contributed by atoms with Crippen molar-refractivity contribution in [3.63, 3.8) is 0 Å². The van der Waals surface area contributed by atoms with Gasteiger partial charge in [0.05, 0.1) is 12.5 Å². The Labute approximate surface area is 121 Å². The molecule has 6 nitrogen and oxygen atoms in total. The lowest BCUT2D eigenvalue weighted by Gasteiger charge is -2.00. The zero-order valence-corrected chi connectivity index (χ0v) is 11.3. The zero-order valence-electron chi connectivity index (χ0n) is 11.3. The summed E-state index contributed by atoms with van der Waals surface area (Å²) in [6, 6.07) is 11.3. The fourth-order valence-electron chi connectivity index (χ4n) is 1.99. The average Bonchev–Trinajstić information content (AvgIpc) is 2.98. The maximum Gasteiger partial charge on any atom is 0.258 e. The molecule has 21 heavy (non-hydrogen) atoms. The van der Waals surface area contributed by atoms with Crippen LogP contribution in [0, 0.1) is 18.3 Å². The Balaban J connectivity index is 2.01. The molecule has 0 radical (unpaired) electrons. The van der Waals surface area contributed by atoms with Crippen LogP contribution in [0.3, 0.4) is 0 Å². The van der Waals surface area contributed by atoms with Crippen molar-refractivity contribution < 1.29 is 4.52 Å². The van der Waals surface area contributed by atoms with Crippen LogP contribution >= 0.6 is 0 Å². The third kappa shape index (κ3) is 2.62.